The van der Waals surface area contributed by atoms with Crippen molar-refractivity contribution in [3.8, 4) is 0 Å². The normalized spacial score (nSPS) is 18.4. The number of benzene rings is 2. The fraction of sp³-hybridized carbons (Fsp3) is 0.238. The number of fused-ring (bicyclic) bond motifs is 1. The molecule has 1 atom stereocenters. The lowest BCUT2D eigenvalue weighted by Gasteiger charge is -2.29. The molecule has 0 aliphatic carbocycles. The number of carbonyl (C=O) groups is 4. The highest BCUT2D eigenvalue weighted by molar-refractivity contribution is 6.05. The second-order valence-corrected chi connectivity index (χ2v) is 7.05. The van der Waals surface area contributed by atoms with Crippen molar-refractivity contribution in [1.82, 2.24) is 15.5 Å². The zero-order valence-electron chi connectivity index (χ0n) is 15.4. The van der Waals surface area contributed by atoms with E-state index in [1.165, 1.54) is 4.90 Å². The molecule has 2 aliphatic rings. The van der Waals surface area contributed by atoms with Crippen LogP contribution < -0.4 is 10.6 Å². The predicted molar refractivity (Wildman–Crippen MR) is 100 cm³/mol. The average molecular weight is 395 g/mol. The van der Waals surface area contributed by atoms with E-state index in [1.54, 1.807) is 36.4 Å². The summed E-state index contributed by atoms with van der Waals surface area (Å²) < 4.78 is 14.5. The molecule has 4 rings (SSSR count). The van der Waals surface area contributed by atoms with Gasteiger partial charge < -0.3 is 10.2 Å². The summed E-state index contributed by atoms with van der Waals surface area (Å²) in [7, 11) is 0. The summed E-state index contributed by atoms with van der Waals surface area (Å²) in [5.41, 5.74) is 1.51. The molecule has 0 radical (unpaired) electrons. The van der Waals surface area contributed by atoms with Crippen LogP contribution in [0.1, 0.15) is 44.7 Å². The third-order valence-electron chi connectivity index (χ3n) is 5.17. The largest absolute Gasteiger partial charge is 0.348 e. The topological polar surface area (TPSA) is 95.6 Å². The number of imide groups is 1. The zero-order chi connectivity index (χ0) is 20.5. The fourth-order valence-corrected chi connectivity index (χ4v) is 3.64. The second-order valence-electron chi connectivity index (χ2n) is 7.05. The number of halogens is 1. The smallest absolute Gasteiger partial charge is 0.255 e. The maximum Gasteiger partial charge on any atom is 0.255 e. The lowest BCUT2D eigenvalue weighted by Crippen LogP contribution is -2.52. The van der Waals surface area contributed by atoms with E-state index in [4.69, 9.17) is 0 Å². The molecule has 1 fully saturated rings. The van der Waals surface area contributed by atoms with Crippen LogP contribution in [0.3, 0.4) is 0 Å². The quantitative estimate of drug-likeness (QED) is 0.768. The van der Waals surface area contributed by atoms with Gasteiger partial charge in [-0.1, -0.05) is 18.2 Å². The van der Waals surface area contributed by atoms with Gasteiger partial charge in [0.1, 0.15) is 11.9 Å². The van der Waals surface area contributed by atoms with Gasteiger partial charge in [0.15, 0.2) is 0 Å². The van der Waals surface area contributed by atoms with Crippen LogP contribution in [0.15, 0.2) is 42.5 Å². The highest BCUT2D eigenvalue weighted by Crippen LogP contribution is 2.29. The number of piperidine rings is 1. The molecule has 2 aromatic rings. The maximum atomic E-state index is 14.5. The van der Waals surface area contributed by atoms with E-state index in [9.17, 15) is 23.6 Å². The van der Waals surface area contributed by atoms with Crippen molar-refractivity contribution >= 4 is 23.6 Å². The molecule has 4 amide bonds. The van der Waals surface area contributed by atoms with E-state index in [2.05, 4.69) is 10.6 Å². The molecule has 1 unspecified atom stereocenters. The Morgan fingerprint density at radius 1 is 1.17 bits per heavy atom. The molecular formula is C21H18FN3O4. The maximum absolute atomic E-state index is 14.5. The molecule has 29 heavy (non-hydrogen) atoms. The van der Waals surface area contributed by atoms with Crippen LogP contribution in [0.5, 0.6) is 0 Å². The van der Waals surface area contributed by atoms with Crippen molar-refractivity contribution < 1.29 is 23.6 Å². The Labute approximate surface area is 165 Å². The molecule has 2 aromatic carbocycles. The molecule has 0 saturated carbocycles. The van der Waals surface area contributed by atoms with Gasteiger partial charge in [0.25, 0.3) is 11.8 Å². The molecule has 2 N–H and O–H groups in total. The fourth-order valence-electron chi connectivity index (χ4n) is 3.64. The van der Waals surface area contributed by atoms with Crippen molar-refractivity contribution in [2.45, 2.75) is 32.0 Å². The minimum Gasteiger partial charge on any atom is -0.348 e. The molecule has 8 heteroatoms. The van der Waals surface area contributed by atoms with Gasteiger partial charge >= 0.3 is 0 Å². The summed E-state index contributed by atoms with van der Waals surface area (Å²) in [5.74, 6) is -2.24. The molecule has 2 aliphatic heterocycles. The van der Waals surface area contributed by atoms with Gasteiger partial charge in [-0.15, -0.1) is 0 Å². The molecular weight excluding hydrogens is 377 g/mol. The molecule has 148 valence electrons. The third kappa shape index (κ3) is 3.61. The van der Waals surface area contributed by atoms with E-state index in [0.29, 0.717) is 11.1 Å². The van der Waals surface area contributed by atoms with Gasteiger partial charge in [-0.2, -0.15) is 0 Å². The van der Waals surface area contributed by atoms with Crippen molar-refractivity contribution in [1.29, 1.82) is 0 Å². The van der Waals surface area contributed by atoms with Crippen molar-refractivity contribution in [2.24, 2.45) is 0 Å². The SMILES string of the molecule is O=C1CCC(N2Cc3cc(CNC(=O)c4ccccc4)c(F)cc3C2=O)C(=O)N1. The monoisotopic (exact) mass is 395 g/mol. The van der Waals surface area contributed by atoms with E-state index >= 15 is 0 Å². The molecule has 0 aromatic heterocycles. The second kappa shape index (κ2) is 7.46. The summed E-state index contributed by atoms with van der Waals surface area (Å²) >= 11 is 0. The Balaban J connectivity index is 1.49. The van der Waals surface area contributed by atoms with E-state index in [1.807, 2.05) is 0 Å². The van der Waals surface area contributed by atoms with Gasteiger partial charge in [-0.25, -0.2) is 4.39 Å². The Bertz CT molecular complexity index is 1020. The Morgan fingerprint density at radius 2 is 1.93 bits per heavy atom. The van der Waals surface area contributed by atoms with Crippen LogP contribution in [0.2, 0.25) is 0 Å². The van der Waals surface area contributed by atoms with Crippen LogP contribution in [0.25, 0.3) is 0 Å². The number of amides is 4. The molecule has 2 heterocycles. The number of rotatable bonds is 4. The van der Waals surface area contributed by atoms with Crippen LogP contribution in [-0.2, 0) is 22.7 Å². The average Bonchev–Trinajstić information content (AvgIpc) is 3.02. The third-order valence-corrected chi connectivity index (χ3v) is 5.17. The van der Waals surface area contributed by atoms with Crippen molar-refractivity contribution in [2.75, 3.05) is 0 Å². The van der Waals surface area contributed by atoms with E-state index in [0.717, 1.165) is 6.07 Å². The Kier molecular flexibility index (Phi) is 4.84. The van der Waals surface area contributed by atoms with Crippen LogP contribution >= 0.6 is 0 Å². The summed E-state index contributed by atoms with van der Waals surface area (Å²) in [6, 6.07) is 10.5. The number of hydrogen-bond donors (Lipinski definition) is 2. The highest BCUT2D eigenvalue weighted by Gasteiger charge is 2.39. The van der Waals surface area contributed by atoms with E-state index in [-0.39, 0.29) is 48.9 Å². The minimum atomic E-state index is -0.753. The Hall–Kier alpha value is -3.55. The van der Waals surface area contributed by atoms with Gasteiger partial charge in [0.2, 0.25) is 11.8 Å². The summed E-state index contributed by atoms with van der Waals surface area (Å²) in [6.07, 6.45) is 0.397. The van der Waals surface area contributed by atoms with Crippen LogP contribution in [0, 0.1) is 5.82 Å². The number of nitrogens with one attached hydrogen (secondary N) is 2. The first kappa shape index (κ1) is 18.8. The van der Waals surface area contributed by atoms with Gasteiger partial charge in [0, 0.05) is 36.2 Å². The van der Waals surface area contributed by atoms with Crippen LogP contribution in [-0.4, -0.2) is 34.6 Å². The zero-order valence-corrected chi connectivity index (χ0v) is 15.4. The molecule has 1 saturated heterocycles. The first-order valence-electron chi connectivity index (χ1n) is 9.23. The van der Waals surface area contributed by atoms with E-state index < -0.39 is 23.7 Å². The summed E-state index contributed by atoms with van der Waals surface area (Å²) in [6.45, 7) is 0.125. The first-order chi connectivity index (χ1) is 13.9. The first-order valence-corrected chi connectivity index (χ1v) is 9.23. The number of nitrogens with zero attached hydrogens (tertiary/aromatic N) is 1. The standard InChI is InChI=1S/C21H18FN3O4/c22-16-9-15-14(8-13(16)10-23-19(27)12-4-2-1-3-5-12)11-25(21(15)29)17-6-7-18(26)24-20(17)28/h1-5,8-9,17H,6-7,10-11H2,(H,23,27)(H,24,26,28). The molecule has 7 nitrogen and oxygen atoms in total. The minimum absolute atomic E-state index is 0.0283. The molecule has 0 spiro atoms. The Morgan fingerprint density at radius 3 is 2.66 bits per heavy atom. The van der Waals surface area contributed by atoms with Gasteiger partial charge in [-0.3, -0.25) is 24.5 Å². The predicted octanol–water partition coefficient (Wildman–Crippen LogP) is 1.52. The van der Waals surface area contributed by atoms with Crippen molar-refractivity contribution in [3.63, 3.8) is 0 Å². The lowest BCUT2D eigenvalue weighted by atomic mass is 10.0. The van der Waals surface area contributed by atoms with Gasteiger partial charge in [-0.05, 0) is 36.2 Å². The number of hydrogen-bond acceptors (Lipinski definition) is 4. The van der Waals surface area contributed by atoms with Gasteiger partial charge in [0.05, 0.1) is 0 Å². The van der Waals surface area contributed by atoms with Crippen molar-refractivity contribution in [3.05, 3.63) is 70.5 Å². The van der Waals surface area contributed by atoms with Crippen LogP contribution in [0.4, 0.5) is 4.39 Å². The summed E-state index contributed by atoms with van der Waals surface area (Å²) in [4.78, 5) is 49.6. The molecule has 0 bridgehead atoms. The number of carbonyl (C=O) groups excluding carboxylic acids is 4. The highest BCUT2D eigenvalue weighted by atomic mass is 19.1. The summed E-state index contributed by atoms with van der Waals surface area (Å²) in [5, 5.41) is 4.90. The lowest BCUT2D eigenvalue weighted by molar-refractivity contribution is -0.136.